The maximum atomic E-state index is 11.9. The molecular formula is C10H20N2OS. The van der Waals surface area contributed by atoms with Gasteiger partial charge in [-0.3, -0.25) is 4.79 Å². The van der Waals surface area contributed by atoms with E-state index in [1.54, 1.807) is 0 Å². The Morgan fingerprint density at radius 2 is 2.21 bits per heavy atom. The number of hydrogen-bond donors (Lipinski definition) is 1. The lowest BCUT2D eigenvalue weighted by atomic mass is 10.0. The molecule has 0 bridgehead atoms. The Labute approximate surface area is 90.4 Å². The molecule has 1 saturated heterocycles. The molecule has 0 aromatic rings. The van der Waals surface area contributed by atoms with E-state index in [0.29, 0.717) is 6.04 Å². The molecule has 0 aliphatic carbocycles. The summed E-state index contributed by atoms with van der Waals surface area (Å²) >= 11 is 1.91. The Bertz CT molecular complexity index is 202. The quantitative estimate of drug-likeness (QED) is 0.763. The van der Waals surface area contributed by atoms with Crippen LogP contribution >= 0.6 is 11.8 Å². The highest BCUT2D eigenvalue weighted by Gasteiger charge is 2.28. The Hall–Kier alpha value is -0.220. The first kappa shape index (κ1) is 11.9. The lowest BCUT2D eigenvalue weighted by molar-refractivity contribution is -0.133. The minimum atomic E-state index is -0.342. The van der Waals surface area contributed by atoms with Crippen LogP contribution in [0.15, 0.2) is 0 Å². The van der Waals surface area contributed by atoms with Crippen molar-refractivity contribution in [1.29, 1.82) is 0 Å². The first-order valence-corrected chi connectivity index (χ1v) is 6.29. The summed E-state index contributed by atoms with van der Waals surface area (Å²) in [6, 6.07) is 0.0582. The van der Waals surface area contributed by atoms with Crippen molar-refractivity contribution >= 4 is 17.7 Å². The molecule has 0 spiro atoms. The fraction of sp³-hybridized carbons (Fsp3) is 0.900. The van der Waals surface area contributed by atoms with Gasteiger partial charge in [-0.05, 0) is 18.1 Å². The van der Waals surface area contributed by atoms with Crippen molar-refractivity contribution in [3.63, 3.8) is 0 Å². The van der Waals surface area contributed by atoms with E-state index in [2.05, 4.69) is 0 Å². The third kappa shape index (κ3) is 2.64. The summed E-state index contributed by atoms with van der Waals surface area (Å²) in [5, 5.41) is 0. The molecule has 1 heterocycles. The summed E-state index contributed by atoms with van der Waals surface area (Å²) in [7, 11) is 1.88. The van der Waals surface area contributed by atoms with Gasteiger partial charge in [-0.1, -0.05) is 13.8 Å². The predicted molar refractivity (Wildman–Crippen MR) is 61.3 cm³/mol. The minimum Gasteiger partial charge on any atom is -0.341 e. The van der Waals surface area contributed by atoms with E-state index in [4.69, 9.17) is 5.73 Å². The monoisotopic (exact) mass is 216 g/mol. The van der Waals surface area contributed by atoms with Gasteiger partial charge in [0, 0.05) is 18.8 Å². The largest absolute Gasteiger partial charge is 0.341 e. The van der Waals surface area contributed by atoms with Gasteiger partial charge in [0.05, 0.1) is 6.04 Å². The maximum Gasteiger partial charge on any atom is 0.239 e. The fourth-order valence-corrected chi connectivity index (χ4v) is 2.80. The van der Waals surface area contributed by atoms with Crippen LogP contribution in [0, 0.1) is 5.92 Å². The highest BCUT2D eigenvalue weighted by Crippen LogP contribution is 2.22. The predicted octanol–water partition coefficient (Wildman–Crippen LogP) is 0.934. The van der Waals surface area contributed by atoms with Crippen molar-refractivity contribution < 1.29 is 4.79 Å². The second-order valence-corrected chi connectivity index (χ2v) is 5.39. The topological polar surface area (TPSA) is 46.3 Å². The van der Waals surface area contributed by atoms with Gasteiger partial charge >= 0.3 is 0 Å². The van der Waals surface area contributed by atoms with Crippen molar-refractivity contribution in [3.8, 4) is 0 Å². The zero-order valence-electron chi connectivity index (χ0n) is 9.19. The van der Waals surface area contributed by atoms with Crippen LogP contribution in [0.5, 0.6) is 0 Å². The summed E-state index contributed by atoms with van der Waals surface area (Å²) in [4.78, 5) is 13.7. The third-order valence-corrected chi connectivity index (χ3v) is 3.95. The van der Waals surface area contributed by atoms with Crippen LogP contribution in [0.3, 0.4) is 0 Å². The maximum absolute atomic E-state index is 11.9. The molecule has 0 saturated carbocycles. The third-order valence-electron chi connectivity index (χ3n) is 2.80. The average molecular weight is 216 g/mol. The first-order chi connectivity index (χ1) is 6.54. The molecule has 14 heavy (non-hydrogen) atoms. The number of thioether (sulfide) groups is 1. The molecular weight excluding hydrogens is 196 g/mol. The van der Waals surface area contributed by atoms with Crippen molar-refractivity contribution in [1.82, 2.24) is 4.90 Å². The fourth-order valence-electron chi connectivity index (χ4n) is 1.53. The molecule has 82 valence electrons. The van der Waals surface area contributed by atoms with E-state index in [0.717, 1.165) is 12.2 Å². The van der Waals surface area contributed by atoms with Crippen LogP contribution in [0.2, 0.25) is 0 Å². The number of nitrogens with two attached hydrogens (primary N) is 1. The van der Waals surface area contributed by atoms with Gasteiger partial charge in [0.1, 0.15) is 0 Å². The van der Waals surface area contributed by atoms with Gasteiger partial charge in [-0.25, -0.2) is 0 Å². The number of rotatable bonds is 3. The average Bonchev–Trinajstić information content (AvgIpc) is 2.67. The van der Waals surface area contributed by atoms with Crippen LogP contribution in [0.25, 0.3) is 0 Å². The standard InChI is InChI=1S/C10H20N2OS/c1-7(2)9(11)10(13)12(3)8-4-5-14-6-8/h7-9H,4-6,11H2,1-3H3/t8?,9-/m0/s1. The van der Waals surface area contributed by atoms with Crippen molar-refractivity contribution in [3.05, 3.63) is 0 Å². The first-order valence-electron chi connectivity index (χ1n) is 5.14. The summed E-state index contributed by atoms with van der Waals surface area (Å²) in [5.74, 6) is 2.54. The number of carbonyl (C=O) groups is 1. The molecule has 3 nitrogen and oxygen atoms in total. The Kier molecular flexibility index (Phi) is 4.26. The smallest absolute Gasteiger partial charge is 0.239 e. The van der Waals surface area contributed by atoms with E-state index < -0.39 is 0 Å². The molecule has 1 rings (SSSR count). The summed E-state index contributed by atoms with van der Waals surface area (Å²) in [5.41, 5.74) is 5.83. The number of carbonyl (C=O) groups excluding carboxylic acids is 1. The molecule has 1 aliphatic rings. The summed E-state index contributed by atoms with van der Waals surface area (Å²) in [6.07, 6.45) is 1.11. The van der Waals surface area contributed by atoms with Gasteiger partial charge in [-0.2, -0.15) is 11.8 Å². The van der Waals surface area contributed by atoms with Gasteiger partial charge in [0.15, 0.2) is 0 Å². The minimum absolute atomic E-state index is 0.0903. The van der Waals surface area contributed by atoms with Crippen LogP contribution < -0.4 is 5.73 Å². The number of nitrogens with zero attached hydrogens (tertiary/aromatic N) is 1. The second-order valence-electron chi connectivity index (χ2n) is 4.24. The molecule has 2 N–H and O–H groups in total. The van der Waals surface area contributed by atoms with Gasteiger partial charge in [0.2, 0.25) is 5.91 Å². The van der Waals surface area contributed by atoms with E-state index in [1.165, 1.54) is 5.75 Å². The van der Waals surface area contributed by atoms with Crippen molar-refractivity contribution in [2.24, 2.45) is 11.7 Å². The van der Waals surface area contributed by atoms with Gasteiger partial charge < -0.3 is 10.6 Å². The normalized spacial score (nSPS) is 23.9. The van der Waals surface area contributed by atoms with E-state index in [9.17, 15) is 4.79 Å². The molecule has 0 aromatic heterocycles. The van der Waals surface area contributed by atoms with Crippen molar-refractivity contribution in [2.75, 3.05) is 18.6 Å². The van der Waals surface area contributed by atoms with E-state index >= 15 is 0 Å². The Balaban J connectivity index is 2.50. The molecule has 1 aliphatic heterocycles. The van der Waals surface area contributed by atoms with Gasteiger partial charge in [0.25, 0.3) is 0 Å². The molecule has 0 aromatic carbocycles. The van der Waals surface area contributed by atoms with Crippen LogP contribution in [-0.4, -0.2) is 41.4 Å². The zero-order valence-corrected chi connectivity index (χ0v) is 10.0. The lowest BCUT2D eigenvalue weighted by Gasteiger charge is -2.28. The molecule has 0 radical (unpaired) electrons. The molecule has 2 atom stereocenters. The van der Waals surface area contributed by atoms with E-state index in [1.807, 2.05) is 37.6 Å². The highest BCUT2D eigenvalue weighted by atomic mass is 32.2. The number of amides is 1. The Morgan fingerprint density at radius 3 is 2.64 bits per heavy atom. The molecule has 4 heteroatoms. The summed E-state index contributed by atoms with van der Waals surface area (Å²) < 4.78 is 0. The van der Waals surface area contributed by atoms with Crippen LogP contribution in [0.4, 0.5) is 0 Å². The molecule has 1 fully saturated rings. The highest BCUT2D eigenvalue weighted by molar-refractivity contribution is 7.99. The van der Waals surface area contributed by atoms with E-state index in [-0.39, 0.29) is 17.9 Å². The van der Waals surface area contributed by atoms with Gasteiger partial charge in [-0.15, -0.1) is 0 Å². The second kappa shape index (κ2) is 5.03. The van der Waals surface area contributed by atoms with Crippen LogP contribution in [-0.2, 0) is 4.79 Å². The Morgan fingerprint density at radius 1 is 1.57 bits per heavy atom. The SMILES string of the molecule is CC(C)[C@H](N)C(=O)N(C)C1CCSC1. The lowest BCUT2D eigenvalue weighted by Crippen LogP contribution is -2.48. The van der Waals surface area contributed by atoms with Crippen molar-refractivity contribution in [2.45, 2.75) is 32.4 Å². The zero-order chi connectivity index (χ0) is 10.7. The number of hydrogen-bond acceptors (Lipinski definition) is 3. The van der Waals surface area contributed by atoms with Crippen LogP contribution in [0.1, 0.15) is 20.3 Å². The number of likely N-dealkylation sites (N-methyl/N-ethyl adjacent to an activating group) is 1. The molecule has 1 unspecified atom stereocenters. The summed E-state index contributed by atoms with van der Waals surface area (Å²) in [6.45, 7) is 3.97. The molecule has 1 amide bonds.